The molecule has 37 heavy (non-hydrogen) atoms. The van der Waals surface area contributed by atoms with Crippen LogP contribution in [0.25, 0.3) is 0 Å². The summed E-state index contributed by atoms with van der Waals surface area (Å²) in [5.41, 5.74) is -0.328. The Bertz CT molecular complexity index is 1310. The SMILES string of the molecule is Cc1cc(C(F)(F)F)nn1CC(=O)N1CCC(c2nc(C3C4=C(O)C(O)=C(O)C(O)(C4)[S+]3[O-])cs2)CC1. The van der Waals surface area contributed by atoms with E-state index in [2.05, 4.69) is 10.1 Å². The Morgan fingerprint density at radius 2 is 1.95 bits per heavy atom. The number of aromatic nitrogens is 3. The van der Waals surface area contributed by atoms with Gasteiger partial charge in [-0.15, -0.1) is 11.3 Å². The van der Waals surface area contributed by atoms with Gasteiger partial charge in [0.05, 0.1) is 11.4 Å². The monoisotopic (exact) mass is 560 g/mol. The van der Waals surface area contributed by atoms with Crippen LogP contribution in [0.3, 0.4) is 0 Å². The topological polar surface area (TPSA) is 155 Å². The second kappa shape index (κ2) is 8.92. The van der Waals surface area contributed by atoms with Crippen LogP contribution in [-0.2, 0) is 28.7 Å². The molecule has 2 saturated heterocycles. The van der Waals surface area contributed by atoms with Crippen molar-refractivity contribution in [3.8, 4) is 0 Å². The lowest BCUT2D eigenvalue weighted by Gasteiger charge is -2.31. The third-order valence-corrected chi connectivity index (χ3v) is 9.96. The van der Waals surface area contributed by atoms with Crippen LogP contribution in [0, 0.1) is 6.92 Å². The molecule has 4 heterocycles. The number of carbonyl (C=O) groups is 1. The number of carbonyl (C=O) groups excluding carboxylic acids is 1. The highest BCUT2D eigenvalue weighted by Crippen LogP contribution is 2.55. The highest BCUT2D eigenvalue weighted by atomic mass is 32.2. The van der Waals surface area contributed by atoms with Gasteiger partial charge in [0.15, 0.2) is 16.7 Å². The van der Waals surface area contributed by atoms with E-state index in [1.165, 1.54) is 18.3 Å². The van der Waals surface area contributed by atoms with Gasteiger partial charge in [0.25, 0.3) is 4.93 Å². The number of rotatable bonds is 4. The number of thiazole rings is 1. The molecule has 2 bridgehead atoms. The number of piperidine rings is 1. The van der Waals surface area contributed by atoms with Gasteiger partial charge in [-0.1, -0.05) is 0 Å². The Morgan fingerprint density at radius 3 is 2.57 bits per heavy atom. The van der Waals surface area contributed by atoms with Crippen molar-refractivity contribution >= 4 is 28.4 Å². The van der Waals surface area contributed by atoms with E-state index in [0.29, 0.717) is 36.6 Å². The van der Waals surface area contributed by atoms with Crippen LogP contribution in [0.2, 0.25) is 0 Å². The van der Waals surface area contributed by atoms with Gasteiger partial charge < -0.3 is 29.9 Å². The van der Waals surface area contributed by atoms with Crippen molar-refractivity contribution < 1.29 is 42.9 Å². The average Bonchev–Trinajstić information content (AvgIpc) is 3.53. The smallest absolute Gasteiger partial charge is 0.435 e. The molecule has 2 aliphatic heterocycles. The lowest BCUT2D eigenvalue weighted by atomic mass is 9.94. The molecule has 3 unspecified atom stereocenters. The maximum Gasteiger partial charge on any atom is 0.435 e. The van der Waals surface area contributed by atoms with Gasteiger partial charge in [0, 0.05) is 46.8 Å². The van der Waals surface area contributed by atoms with Gasteiger partial charge in [-0.3, -0.25) is 9.48 Å². The number of fused-ring (bicyclic) bond motifs is 2. The summed E-state index contributed by atoms with van der Waals surface area (Å²) in [6.07, 6.45) is -3.77. The molecule has 15 heteroatoms. The summed E-state index contributed by atoms with van der Waals surface area (Å²) in [6, 6.07) is 0.901. The van der Waals surface area contributed by atoms with Crippen molar-refractivity contribution in [1.29, 1.82) is 0 Å². The molecule has 2 aromatic heterocycles. The molecule has 5 rings (SSSR count). The number of halogens is 3. The van der Waals surface area contributed by atoms with E-state index in [1.807, 2.05) is 0 Å². The van der Waals surface area contributed by atoms with Crippen LogP contribution in [0.4, 0.5) is 13.2 Å². The van der Waals surface area contributed by atoms with Crippen molar-refractivity contribution in [2.75, 3.05) is 13.1 Å². The number of likely N-dealkylation sites (tertiary alicyclic amines) is 1. The van der Waals surface area contributed by atoms with Crippen molar-refractivity contribution in [3.63, 3.8) is 0 Å². The number of aliphatic hydroxyl groups is 4. The Kier molecular flexibility index (Phi) is 6.24. The molecule has 3 aliphatic rings. The molecule has 10 nitrogen and oxygen atoms in total. The number of hydrogen-bond acceptors (Lipinski definition) is 9. The molecular weight excluding hydrogens is 537 g/mol. The lowest BCUT2D eigenvalue weighted by molar-refractivity contribution is -0.142. The van der Waals surface area contributed by atoms with Gasteiger partial charge in [-0.25, -0.2) is 4.98 Å². The highest BCUT2D eigenvalue weighted by molar-refractivity contribution is 7.93. The minimum Gasteiger partial charge on any atom is -0.613 e. The summed E-state index contributed by atoms with van der Waals surface area (Å²) in [5, 5.41) is 45.7. The Labute approximate surface area is 215 Å². The van der Waals surface area contributed by atoms with Crippen LogP contribution in [0.5, 0.6) is 0 Å². The first-order valence-corrected chi connectivity index (χ1v) is 13.4. The predicted molar refractivity (Wildman–Crippen MR) is 125 cm³/mol. The maximum absolute atomic E-state index is 13.0. The molecular formula is C22H23F3N4O6S2. The van der Waals surface area contributed by atoms with Crippen LogP contribution in [0.15, 0.2) is 34.3 Å². The summed E-state index contributed by atoms with van der Waals surface area (Å²) in [7, 11) is 0. The molecule has 2 fully saturated rings. The molecule has 0 saturated carbocycles. The fraction of sp³-hybridized carbons (Fsp3) is 0.500. The average molecular weight is 561 g/mol. The van der Waals surface area contributed by atoms with E-state index in [9.17, 15) is 42.9 Å². The fourth-order valence-corrected chi connectivity index (χ4v) is 7.76. The van der Waals surface area contributed by atoms with Gasteiger partial charge in [0.1, 0.15) is 12.2 Å². The summed E-state index contributed by atoms with van der Waals surface area (Å²) >= 11 is -0.795. The zero-order chi connectivity index (χ0) is 26.9. The number of hydrogen-bond donors (Lipinski definition) is 4. The molecule has 2 aromatic rings. The second-order valence-electron chi connectivity index (χ2n) is 9.30. The quantitative estimate of drug-likeness (QED) is 0.416. The number of amides is 1. The van der Waals surface area contributed by atoms with Gasteiger partial charge in [0.2, 0.25) is 17.4 Å². The van der Waals surface area contributed by atoms with Crippen LogP contribution >= 0.6 is 11.3 Å². The Hall–Kier alpha value is -2.75. The second-order valence-corrected chi connectivity index (χ2v) is 11.9. The van der Waals surface area contributed by atoms with Crippen LogP contribution < -0.4 is 0 Å². The predicted octanol–water partition coefficient (Wildman–Crippen LogP) is 3.11. The number of aliphatic hydroxyl groups excluding tert-OH is 3. The Balaban J connectivity index is 1.24. The molecule has 1 aliphatic carbocycles. The molecule has 3 atom stereocenters. The lowest BCUT2D eigenvalue weighted by Crippen LogP contribution is -2.40. The molecule has 1 amide bonds. The van der Waals surface area contributed by atoms with E-state index >= 15 is 0 Å². The third kappa shape index (κ3) is 4.27. The zero-order valence-corrected chi connectivity index (χ0v) is 21.0. The van der Waals surface area contributed by atoms with Crippen molar-refractivity contribution in [2.45, 2.75) is 55.0 Å². The van der Waals surface area contributed by atoms with Crippen LogP contribution in [-0.4, -0.2) is 68.6 Å². The highest BCUT2D eigenvalue weighted by Gasteiger charge is 2.63. The first-order chi connectivity index (χ1) is 17.3. The van der Waals surface area contributed by atoms with E-state index in [4.69, 9.17) is 0 Å². The van der Waals surface area contributed by atoms with Gasteiger partial charge >= 0.3 is 6.18 Å². The minimum atomic E-state index is -4.59. The van der Waals surface area contributed by atoms with Crippen LogP contribution in [0.1, 0.15) is 52.5 Å². The van der Waals surface area contributed by atoms with Crippen molar-refractivity contribution in [2.24, 2.45) is 0 Å². The third-order valence-electron chi connectivity index (χ3n) is 6.98. The summed E-state index contributed by atoms with van der Waals surface area (Å²) in [6.45, 7) is 1.91. The molecule has 0 aromatic carbocycles. The van der Waals surface area contributed by atoms with E-state index in [1.54, 1.807) is 10.3 Å². The van der Waals surface area contributed by atoms with Gasteiger partial charge in [-0.2, -0.15) is 18.3 Å². The first-order valence-electron chi connectivity index (χ1n) is 11.3. The molecule has 0 radical (unpaired) electrons. The standard InChI is InChI=1S/C22H23F3N4O6S2/c1-10-6-14(22(23,24)25)27-29(10)8-15(30)28-4-2-11(3-5-28)20-26-13(9-36-20)18-12-7-21(34,37(18)35)19(33)17(32)16(12)31/h6,9,11,18,31-34H,2-5,7-8H2,1H3. The normalized spacial score (nSPS) is 26.9. The first kappa shape index (κ1) is 25.9. The van der Waals surface area contributed by atoms with Crippen molar-refractivity contribution in [1.82, 2.24) is 19.7 Å². The summed E-state index contributed by atoms with van der Waals surface area (Å²) in [5.74, 6) is -2.80. The van der Waals surface area contributed by atoms with E-state index in [-0.39, 0.29) is 36.1 Å². The van der Waals surface area contributed by atoms with E-state index in [0.717, 1.165) is 10.7 Å². The Morgan fingerprint density at radius 1 is 1.27 bits per heavy atom. The molecule has 4 N–H and O–H groups in total. The molecule has 200 valence electrons. The largest absolute Gasteiger partial charge is 0.613 e. The summed E-state index contributed by atoms with van der Waals surface area (Å²) < 4.78 is 52.7. The number of nitrogens with zero attached hydrogens (tertiary/aromatic N) is 4. The zero-order valence-electron chi connectivity index (χ0n) is 19.4. The number of alkyl halides is 3. The number of aryl methyl sites for hydroxylation is 1. The van der Waals surface area contributed by atoms with E-state index < -0.39 is 50.5 Å². The fourth-order valence-electron chi connectivity index (χ4n) is 4.89. The molecule has 0 spiro atoms. The van der Waals surface area contributed by atoms with Gasteiger partial charge in [-0.05, 0) is 25.8 Å². The van der Waals surface area contributed by atoms with Crippen molar-refractivity contribution in [3.05, 3.63) is 56.4 Å². The maximum atomic E-state index is 13.0. The minimum absolute atomic E-state index is 0.0223. The summed E-state index contributed by atoms with van der Waals surface area (Å²) in [4.78, 5) is 16.7.